The number of carboxylic acid groups (broad SMARTS) is 1. The first kappa shape index (κ1) is 26.8. The first-order valence-electron chi connectivity index (χ1n) is 13.2. The van der Waals surface area contributed by atoms with Crippen molar-refractivity contribution in [3.63, 3.8) is 0 Å². The zero-order valence-electron chi connectivity index (χ0n) is 21.9. The number of carbonyl (C=O) groups excluding carboxylic acids is 1. The highest BCUT2D eigenvalue weighted by Crippen LogP contribution is 2.30. The van der Waals surface area contributed by atoms with Crippen molar-refractivity contribution in [2.75, 3.05) is 19.6 Å². The summed E-state index contributed by atoms with van der Waals surface area (Å²) in [5.74, 6) is -0.722. The van der Waals surface area contributed by atoms with Crippen molar-refractivity contribution in [2.45, 2.75) is 58.2 Å². The van der Waals surface area contributed by atoms with Gasteiger partial charge in [-0.15, -0.1) is 0 Å². The number of carboxylic acids is 1. The summed E-state index contributed by atoms with van der Waals surface area (Å²) in [6, 6.07) is 24.4. The second-order valence-corrected chi connectivity index (χ2v) is 10.00. The van der Waals surface area contributed by atoms with E-state index in [1.165, 1.54) is 11.1 Å². The van der Waals surface area contributed by atoms with Gasteiger partial charge in [0, 0.05) is 25.1 Å². The lowest BCUT2D eigenvalue weighted by molar-refractivity contribution is -0.136. The largest absolute Gasteiger partial charge is 0.481 e. The van der Waals surface area contributed by atoms with E-state index in [1.54, 1.807) is 12.1 Å². The van der Waals surface area contributed by atoms with E-state index in [0.29, 0.717) is 12.0 Å². The molecule has 1 heterocycles. The van der Waals surface area contributed by atoms with Crippen molar-refractivity contribution in [3.05, 3.63) is 106 Å². The predicted molar refractivity (Wildman–Crippen MR) is 146 cm³/mol. The van der Waals surface area contributed by atoms with Crippen LogP contribution in [-0.4, -0.2) is 47.5 Å². The number of nitrogens with zero attached hydrogens (tertiary/aromatic N) is 1. The van der Waals surface area contributed by atoms with Gasteiger partial charge in [0.25, 0.3) is 0 Å². The topological polar surface area (TPSA) is 66.8 Å². The minimum Gasteiger partial charge on any atom is -0.481 e. The Labute approximate surface area is 220 Å². The Bertz CT molecular complexity index is 1140. The number of Topliss-reactive ketones (excluding diaryl/α,β-unsaturated/α-hetero) is 1. The molecule has 1 aliphatic rings. The van der Waals surface area contributed by atoms with Gasteiger partial charge in [-0.25, -0.2) is 0 Å². The lowest BCUT2D eigenvalue weighted by Gasteiger charge is -2.34. The zero-order chi connectivity index (χ0) is 26.2. The van der Waals surface area contributed by atoms with Crippen LogP contribution in [0.2, 0.25) is 0 Å². The molecule has 0 unspecified atom stereocenters. The fourth-order valence-corrected chi connectivity index (χ4v) is 5.20. The number of rotatable bonds is 11. The maximum absolute atomic E-state index is 12.9. The lowest BCUT2D eigenvalue weighted by Crippen LogP contribution is -2.38. The summed E-state index contributed by atoms with van der Waals surface area (Å²) in [6.07, 6.45) is 3.40. The van der Waals surface area contributed by atoms with Crippen LogP contribution < -0.4 is 0 Å². The van der Waals surface area contributed by atoms with Crippen LogP contribution in [0.25, 0.3) is 0 Å². The van der Waals surface area contributed by atoms with Gasteiger partial charge in [0.2, 0.25) is 0 Å². The van der Waals surface area contributed by atoms with E-state index in [9.17, 15) is 9.59 Å². The molecule has 5 heteroatoms. The fourth-order valence-electron chi connectivity index (χ4n) is 5.20. The van der Waals surface area contributed by atoms with E-state index in [0.717, 1.165) is 55.6 Å². The maximum Gasteiger partial charge on any atom is 0.307 e. The van der Waals surface area contributed by atoms with Crippen molar-refractivity contribution in [1.82, 2.24) is 4.90 Å². The monoisotopic (exact) mass is 499 g/mol. The number of aliphatic carboxylic acids is 1. The van der Waals surface area contributed by atoms with E-state index in [2.05, 4.69) is 53.4 Å². The Balaban J connectivity index is 1.26. The van der Waals surface area contributed by atoms with Crippen molar-refractivity contribution in [1.29, 1.82) is 0 Å². The Morgan fingerprint density at radius 1 is 0.892 bits per heavy atom. The van der Waals surface area contributed by atoms with E-state index < -0.39 is 5.97 Å². The number of carbonyl (C=O) groups is 2. The third kappa shape index (κ3) is 7.15. The van der Waals surface area contributed by atoms with Crippen LogP contribution in [0.4, 0.5) is 0 Å². The van der Waals surface area contributed by atoms with Crippen LogP contribution in [0.1, 0.15) is 70.0 Å². The lowest BCUT2D eigenvalue weighted by atomic mass is 9.93. The van der Waals surface area contributed by atoms with E-state index in [-0.39, 0.29) is 24.4 Å². The molecule has 1 N–H and O–H groups in total. The predicted octanol–water partition coefficient (Wildman–Crippen LogP) is 6.16. The van der Waals surface area contributed by atoms with Crippen molar-refractivity contribution >= 4 is 11.8 Å². The normalized spacial score (nSPS) is 14.7. The quantitative estimate of drug-likeness (QED) is 0.320. The summed E-state index contributed by atoms with van der Waals surface area (Å²) < 4.78 is 6.65. The highest BCUT2D eigenvalue weighted by Gasteiger charge is 2.25. The number of hydrogen-bond acceptors (Lipinski definition) is 4. The number of hydrogen-bond donors (Lipinski definition) is 1. The first-order valence-corrected chi connectivity index (χ1v) is 13.2. The van der Waals surface area contributed by atoms with E-state index in [4.69, 9.17) is 9.84 Å². The molecule has 194 valence electrons. The molecule has 1 saturated heterocycles. The average Bonchev–Trinajstić information content (AvgIpc) is 2.91. The summed E-state index contributed by atoms with van der Waals surface area (Å²) in [7, 11) is 0. The molecule has 0 bridgehead atoms. The summed E-state index contributed by atoms with van der Waals surface area (Å²) in [5, 5.41) is 9.08. The smallest absolute Gasteiger partial charge is 0.307 e. The van der Waals surface area contributed by atoms with Gasteiger partial charge in [0.15, 0.2) is 5.78 Å². The average molecular weight is 500 g/mol. The Morgan fingerprint density at radius 3 is 2.05 bits per heavy atom. The van der Waals surface area contributed by atoms with Gasteiger partial charge in [-0.3, -0.25) is 9.59 Å². The fraction of sp³-hybridized carbons (Fsp3) is 0.375. The SMILES string of the molecule is Cc1c(CC(=O)O)ccc(C(=O)CCCN2CCC(OC(c3ccccc3)c3ccccc3)CC2)c1C. The first-order chi connectivity index (χ1) is 17.9. The van der Waals surface area contributed by atoms with Crippen LogP contribution in [-0.2, 0) is 16.0 Å². The van der Waals surface area contributed by atoms with Gasteiger partial charge in [-0.05, 0) is 67.5 Å². The molecule has 0 aliphatic carbocycles. The molecular weight excluding hydrogens is 462 g/mol. The van der Waals surface area contributed by atoms with Crippen LogP contribution in [0, 0.1) is 13.8 Å². The van der Waals surface area contributed by atoms with Crippen molar-refractivity contribution in [2.24, 2.45) is 0 Å². The molecule has 3 aromatic carbocycles. The molecule has 5 nitrogen and oxygen atoms in total. The Hall–Kier alpha value is -3.28. The van der Waals surface area contributed by atoms with Crippen molar-refractivity contribution < 1.29 is 19.4 Å². The van der Waals surface area contributed by atoms with E-state index in [1.807, 2.05) is 26.0 Å². The van der Waals surface area contributed by atoms with Crippen LogP contribution in [0.15, 0.2) is 72.8 Å². The maximum atomic E-state index is 12.9. The van der Waals surface area contributed by atoms with E-state index >= 15 is 0 Å². The Kier molecular flexibility index (Phi) is 9.26. The minimum atomic E-state index is -0.855. The summed E-state index contributed by atoms with van der Waals surface area (Å²) in [4.78, 5) is 26.4. The number of piperidine rings is 1. The standard InChI is InChI=1S/C32H37NO4/c1-23-24(2)29(16-15-27(23)22-31(35)36)30(34)14-9-19-33-20-17-28(18-21-33)37-32(25-10-5-3-6-11-25)26-12-7-4-8-13-26/h3-8,10-13,15-16,28,32H,9,14,17-22H2,1-2H3,(H,35,36). The summed E-state index contributed by atoms with van der Waals surface area (Å²) in [5.41, 5.74) is 5.64. The molecule has 0 atom stereocenters. The summed E-state index contributed by atoms with van der Waals surface area (Å²) >= 11 is 0. The molecule has 0 spiro atoms. The molecule has 0 aromatic heterocycles. The molecular formula is C32H37NO4. The number of ketones is 1. The molecule has 4 rings (SSSR count). The van der Waals surface area contributed by atoms with Crippen LogP contribution in [0.5, 0.6) is 0 Å². The van der Waals surface area contributed by atoms with Gasteiger partial charge in [-0.2, -0.15) is 0 Å². The van der Waals surface area contributed by atoms with Gasteiger partial charge < -0.3 is 14.7 Å². The molecule has 0 saturated carbocycles. The molecule has 37 heavy (non-hydrogen) atoms. The van der Waals surface area contributed by atoms with Gasteiger partial charge in [0.05, 0.1) is 12.5 Å². The number of ether oxygens (including phenoxy) is 1. The third-order valence-corrected chi connectivity index (χ3v) is 7.49. The molecule has 1 fully saturated rings. The highest BCUT2D eigenvalue weighted by molar-refractivity contribution is 5.97. The minimum absolute atomic E-state index is 0.0156. The highest BCUT2D eigenvalue weighted by atomic mass is 16.5. The third-order valence-electron chi connectivity index (χ3n) is 7.49. The zero-order valence-corrected chi connectivity index (χ0v) is 21.9. The van der Waals surface area contributed by atoms with Crippen molar-refractivity contribution in [3.8, 4) is 0 Å². The van der Waals surface area contributed by atoms with Crippen LogP contribution in [0.3, 0.4) is 0 Å². The van der Waals surface area contributed by atoms with Crippen LogP contribution >= 0.6 is 0 Å². The second kappa shape index (κ2) is 12.8. The number of benzene rings is 3. The second-order valence-electron chi connectivity index (χ2n) is 10.00. The Morgan fingerprint density at radius 2 is 1.49 bits per heavy atom. The van der Waals surface area contributed by atoms with Gasteiger partial charge >= 0.3 is 5.97 Å². The molecule has 1 aliphatic heterocycles. The summed E-state index contributed by atoms with van der Waals surface area (Å²) in [6.45, 7) is 6.65. The van der Waals surface area contributed by atoms with Gasteiger partial charge in [-0.1, -0.05) is 72.8 Å². The molecule has 0 amide bonds. The molecule has 0 radical (unpaired) electrons. The molecule has 3 aromatic rings. The number of likely N-dealkylation sites (tertiary alicyclic amines) is 1. The van der Waals surface area contributed by atoms with Gasteiger partial charge in [0.1, 0.15) is 6.10 Å².